The van der Waals surface area contributed by atoms with Gasteiger partial charge < -0.3 is 16.8 Å². The van der Waals surface area contributed by atoms with Crippen molar-refractivity contribution >= 4 is 62.5 Å². The number of nitrogens with zero attached hydrogens (tertiary/aromatic N) is 1. The van der Waals surface area contributed by atoms with Crippen molar-refractivity contribution in [3.05, 3.63) is 108 Å². The summed E-state index contributed by atoms with van der Waals surface area (Å²) in [5.74, 6) is 0.419. The van der Waals surface area contributed by atoms with E-state index in [1.165, 1.54) is 6.07 Å². The summed E-state index contributed by atoms with van der Waals surface area (Å²) in [5.41, 5.74) is 14.4. The topological polar surface area (TPSA) is 76.4 Å². The molecule has 0 bridgehead atoms. The third-order valence-electron chi connectivity index (χ3n) is 5.80. The second-order valence-electron chi connectivity index (χ2n) is 8.14. The number of aliphatic imine (C=N–C) groups is 1. The summed E-state index contributed by atoms with van der Waals surface area (Å²) in [6.45, 7) is 0. The van der Waals surface area contributed by atoms with Crippen LogP contribution in [0.4, 0.5) is 35.9 Å². The Kier molecular flexibility index (Phi) is 6.77. The molecule has 6 rings (SSSR count). The summed E-state index contributed by atoms with van der Waals surface area (Å²) < 4.78 is 38.7. The fourth-order valence-electron chi connectivity index (χ4n) is 4.17. The maximum Gasteiger partial charge on any atom is 0.416 e. The number of alkyl halides is 3. The van der Waals surface area contributed by atoms with Crippen molar-refractivity contribution in [1.82, 2.24) is 0 Å². The Balaban J connectivity index is 0.000000198. The molecule has 0 saturated carbocycles. The van der Waals surface area contributed by atoms with E-state index in [2.05, 4.69) is 10.3 Å². The van der Waals surface area contributed by atoms with Gasteiger partial charge in [-0.05, 0) is 47.2 Å². The zero-order valence-corrected chi connectivity index (χ0v) is 19.7. The van der Waals surface area contributed by atoms with Gasteiger partial charge in [0.05, 0.1) is 11.3 Å². The Morgan fingerprint density at radius 2 is 1.22 bits per heavy atom. The van der Waals surface area contributed by atoms with Gasteiger partial charge in [-0.1, -0.05) is 60.7 Å². The Labute approximate surface area is 211 Å². The van der Waals surface area contributed by atoms with Gasteiger partial charge in [0.1, 0.15) is 5.84 Å². The quantitative estimate of drug-likeness (QED) is 0.203. The lowest BCUT2D eigenvalue weighted by atomic mass is 10.0. The molecule has 182 valence electrons. The molecule has 36 heavy (non-hydrogen) atoms. The number of rotatable bonds is 1. The van der Waals surface area contributed by atoms with Crippen LogP contribution in [-0.4, -0.2) is 5.84 Å². The van der Waals surface area contributed by atoms with E-state index in [0.717, 1.165) is 56.4 Å². The van der Waals surface area contributed by atoms with Gasteiger partial charge in [0, 0.05) is 33.4 Å². The molecule has 0 radical (unpaired) electrons. The van der Waals surface area contributed by atoms with E-state index in [9.17, 15) is 13.2 Å². The molecule has 1 heterocycles. The molecule has 0 aromatic heterocycles. The number of halogens is 4. The van der Waals surface area contributed by atoms with E-state index in [4.69, 9.17) is 11.5 Å². The van der Waals surface area contributed by atoms with Crippen LogP contribution in [0.15, 0.2) is 102 Å². The SMILES string of the molecule is Cl.FC(F)(F)c1cccc(C2=Nc3cccc4cccc(c34)N2)c1.Nc1cccc2cccc(N)c12. The first-order valence-electron chi connectivity index (χ1n) is 10.9. The molecule has 5 aromatic carbocycles. The first kappa shape index (κ1) is 24.9. The predicted octanol–water partition coefficient (Wildman–Crippen LogP) is 7.79. The summed E-state index contributed by atoms with van der Waals surface area (Å²) in [4.78, 5) is 4.50. The molecule has 5 aromatic rings. The standard InChI is InChI=1S/C18H11F3N2.C10H10N2.ClH/c19-18(20,21)13-7-1-6-12(10-13)17-22-14-8-2-4-11-5-3-9-15(23-17)16(11)14;11-8-5-1-3-7-4-2-6-9(12)10(7)8;/h1-10H,(H,22,23);1-6H,11-12H2;1H. The smallest absolute Gasteiger partial charge is 0.398 e. The normalized spacial score (nSPS) is 12.1. The van der Waals surface area contributed by atoms with Crippen LogP contribution >= 0.6 is 12.4 Å². The number of nitrogens with two attached hydrogens (primary N) is 2. The molecule has 4 nitrogen and oxygen atoms in total. The molecule has 0 saturated heterocycles. The molecule has 1 aliphatic heterocycles. The van der Waals surface area contributed by atoms with Gasteiger partial charge in [-0.3, -0.25) is 0 Å². The van der Waals surface area contributed by atoms with Gasteiger partial charge >= 0.3 is 6.18 Å². The van der Waals surface area contributed by atoms with E-state index >= 15 is 0 Å². The zero-order valence-electron chi connectivity index (χ0n) is 18.9. The average Bonchev–Trinajstić information content (AvgIpc) is 2.84. The third-order valence-corrected chi connectivity index (χ3v) is 5.80. The van der Waals surface area contributed by atoms with Gasteiger partial charge in [0.2, 0.25) is 0 Å². The van der Waals surface area contributed by atoms with Crippen LogP contribution in [0.3, 0.4) is 0 Å². The summed E-state index contributed by atoms with van der Waals surface area (Å²) >= 11 is 0. The number of nitrogen functional groups attached to an aromatic ring is 2. The summed E-state index contributed by atoms with van der Waals surface area (Å²) in [7, 11) is 0. The van der Waals surface area contributed by atoms with Gasteiger partial charge in [0.15, 0.2) is 0 Å². The van der Waals surface area contributed by atoms with Gasteiger partial charge in [0.25, 0.3) is 0 Å². The first-order valence-corrected chi connectivity index (χ1v) is 10.9. The Hall–Kier alpha value is -4.23. The molecular formula is C28H22ClF3N4. The lowest BCUT2D eigenvalue weighted by Crippen LogP contribution is -2.17. The van der Waals surface area contributed by atoms with Crippen molar-refractivity contribution in [1.29, 1.82) is 0 Å². The first-order chi connectivity index (χ1) is 16.8. The average molecular weight is 507 g/mol. The van der Waals surface area contributed by atoms with Gasteiger partial charge in [-0.15, -0.1) is 12.4 Å². The van der Waals surface area contributed by atoms with Crippen molar-refractivity contribution in [3.8, 4) is 0 Å². The monoisotopic (exact) mass is 506 g/mol. The second kappa shape index (κ2) is 9.79. The molecule has 0 aliphatic carbocycles. The molecular weight excluding hydrogens is 485 g/mol. The minimum atomic E-state index is -4.37. The highest BCUT2D eigenvalue weighted by Crippen LogP contribution is 2.37. The molecule has 0 fully saturated rings. The largest absolute Gasteiger partial charge is 0.416 e. The number of hydrogen-bond donors (Lipinski definition) is 3. The zero-order chi connectivity index (χ0) is 24.6. The van der Waals surface area contributed by atoms with E-state index in [0.29, 0.717) is 11.4 Å². The maximum absolute atomic E-state index is 12.9. The van der Waals surface area contributed by atoms with Crippen molar-refractivity contribution in [2.24, 2.45) is 4.99 Å². The molecule has 0 amide bonds. The molecule has 8 heteroatoms. The maximum atomic E-state index is 12.9. The van der Waals surface area contributed by atoms with Crippen LogP contribution in [0, 0.1) is 0 Å². The van der Waals surface area contributed by atoms with Crippen molar-refractivity contribution < 1.29 is 13.2 Å². The van der Waals surface area contributed by atoms with Crippen molar-refractivity contribution in [2.45, 2.75) is 6.18 Å². The van der Waals surface area contributed by atoms with Gasteiger partial charge in [-0.25, -0.2) is 4.99 Å². The van der Waals surface area contributed by atoms with Crippen LogP contribution in [-0.2, 0) is 6.18 Å². The summed E-state index contributed by atoms with van der Waals surface area (Å²) in [6.07, 6.45) is -4.37. The van der Waals surface area contributed by atoms with Crippen LogP contribution in [0.5, 0.6) is 0 Å². The lowest BCUT2D eigenvalue weighted by Gasteiger charge is -2.19. The molecule has 1 aliphatic rings. The second-order valence-corrected chi connectivity index (χ2v) is 8.14. The molecule has 0 unspecified atom stereocenters. The Morgan fingerprint density at radius 3 is 1.83 bits per heavy atom. The molecule has 0 spiro atoms. The highest BCUT2D eigenvalue weighted by molar-refractivity contribution is 6.19. The van der Waals surface area contributed by atoms with E-state index < -0.39 is 11.7 Å². The van der Waals surface area contributed by atoms with Crippen LogP contribution in [0.2, 0.25) is 0 Å². The van der Waals surface area contributed by atoms with Gasteiger partial charge in [-0.2, -0.15) is 13.2 Å². The van der Waals surface area contributed by atoms with E-state index in [-0.39, 0.29) is 12.4 Å². The molecule has 5 N–H and O–H groups in total. The fraction of sp³-hybridized carbons (Fsp3) is 0.0357. The van der Waals surface area contributed by atoms with Crippen molar-refractivity contribution in [2.75, 3.05) is 16.8 Å². The fourth-order valence-corrected chi connectivity index (χ4v) is 4.17. The lowest BCUT2D eigenvalue weighted by molar-refractivity contribution is -0.137. The predicted molar refractivity (Wildman–Crippen MR) is 145 cm³/mol. The minimum absolute atomic E-state index is 0. The Bertz CT molecular complexity index is 1550. The minimum Gasteiger partial charge on any atom is -0.398 e. The van der Waals surface area contributed by atoms with Crippen molar-refractivity contribution in [3.63, 3.8) is 0 Å². The number of benzene rings is 5. The van der Waals surface area contributed by atoms with Crippen LogP contribution in [0.1, 0.15) is 11.1 Å². The number of amidine groups is 1. The summed E-state index contributed by atoms with van der Waals surface area (Å²) in [6, 6.07) is 28.3. The summed E-state index contributed by atoms with van der Waals surface area (Å²) in [5, 5.41) is 7.21. The number of nitrogens with one attached hydrogen (secondary N) is 1. The highest BCUT2D eigenvalue weighted by atomic mass is 35.5. The number of hydrogen-bond acceptors (Lipinski definition) is 4. The van der Waals surface area contributed by atoms with E-state index in [1.54, 1.807) is 6.07 Å². The van der Waals surface area contributed by atoms with Crippen LogP contribution < -0.4 is 16.8 Å². The van der Waals surface area contributed by atoms with Crippen LogP contribution in [0.25, 0.3) is 21.5 Å². The Morgan fingerprint density at radius 1 is 0.667 bits per heavy atom. The number of fused-ring (bicyclic) bond motifs is 1. The van der Waals surface area contributed by atoms with E-state index in [1.807, 2.05) is 72.8 Å². The highest BCUT2D eigenvalue weighted by Gasteiger charge is 2.31. The third kappa shape index (κ3) is 4.78. The number of anilines is 3. The molecule has 0 atom stereocenters.